The molecule has 10 heteroatoms. The molecule has 1 amide bonds. The first-order chi connectivity index (χ1) is 18.3. The topological polar surface area (TPSA) is 110 Å². The third kappa shape index (κ3) is 5.61. The summed E-state index contributed by atoms with van der Waals surface area (Å²) in [4.78, 5) is 37.9. The molecule has 1 saturated heterocycles. The number of carbonyl (C=O) groups excluding carboxylic acids is 2. The van der Waals surface area contributed by atoms with Gasteiger partial charge < -0.3 is 9.64 Å². The minimum Gasteiger partial charge on any atom is -0.462 e. The average Bonchev–Trinajstić information content (AvgIpc) is 2.93. The van der Waals surface area contributed by atoms with Gasteiger partial charge in [-0.1, -0.05) is 61.9 Å². The van der Waals surface area contributed by atoms with Crippen LogP contribution in [0, 0.1) is 0 Å². The van der Waals surface area contributed by atoms with E-state index >= 15 is 0 Å². The van der Waals surface area contributed by atoms with E-state index in [9.17, 15) is 18.0 Å². The lowest BCUT2D eigenvalue weighted by Gasteiger charge is -2.39. The van der Waals surface area contributed by atoms with E-state index in [0.29, 0.717) is 24.4 Å². The molecule has 3 aromatic rings. The van der Waals surface area contributed by atoms with Gasteiger partial charge >= 0.3 is 5.97 Å². The van der Waals surface area contributed by atoms with Gasteiger partial charge in [0.1, 0.15) is 11.3 Å². The van der Waals surface area contributed by atoms with Crippen LogP contribution in [-0.2, 0) is 21.2 Å². The number of hydrogen-bond donors (Lipinski definition) is 0. The van der Waals surface area contributed by atoms with Crippen molar-refractivity contribution in [2.75, 3.05) is 26.2 Å². The fourth-order valence-electron chi connectivity index (χ4n) is 4.57. The minimum atomic E-state index is -3.72. The molecule has 1 unspecified atom stereocenters. The molecule has 1 atom stereocenters. The van der Waals surface area contributed by atoms with Gasteiger partial charge in [0.2, 0.25) is 10.0 Å². The van der Waals surface area contributed by atoms with Crippen LogP contribution in [0.3, 0.4) is 0 Å². The molecule has 1 aliphatic heterocycles. The molecule has 1 aliphatic rings. The third-order valence-electron chi connectivity index (χ3n) is 6.39. The van der Waals surface area contributed by atoms with Crippen LogP contribution in [0.4, 0.5) is 0 Å². The molecule has 1 aromatic heterocycles. The summed E-state index contributed by atoms with van der Waals surface area (Å²) in [5, 5.41) is 0. The smallest absolute Gasteiger partial charge is 0.342 e. The fourth-order valence-corrected chi connectivity index (χ4v) is 6.21. The summed E-state index contributed by atoms with van der Waals surface area (Å²) in [5.41, 5.74) is 1.24. The normalized spacial score (nSPS) is 16.3. The van der Waals surface area contributed by atoms with Gasteiger partial charge in [-0.05, 0) is 32.4 Å². The molecule has 9 nitrogen and oxygen atoms in total. The number of carbonyl (C=O) groups is 2. The summed E-state index contributed by atoms with van der Waals surface area (Å²) in [6.45, 7) is 6.01. The van der Waals surface area contributed by atoms with E-state index in [1.807, 2.05) is 37.3 Å². The first-order valence-electron chi connectivity index (χ1n) is 12.8. The number of piperazine rings is 1. The van der Waals surface area contributed by atoms with E-state index in [0.717, 1.165) is 5.56 Å². The van der Waals surface area contributed by atoms with E-state index in [-0.39, 0.29) is 42.4 Å². The second-order valence-corrected chi connectivity index (χ2v) is 11.0. The number of hydrogen-bond acceptors (Lipinski definition) is 7. The lowest BCUT2D eigenvalue weighted by Crippen LogP contribution is -2.55. The van der Waals surface area contributed by atoms with Gasteiger partial charge in [-0.15, -0.1) is 0 Å². The molecule has 2 heterocycles. The zero-order valence-electron chi connectivity index (χ0n) is 21.8. The lowest BCUT2D eigenvalue weighted by molar-refractivity contribution is 0.0508. The van der Waals surface area contributed by atoms with E-state index in [1.165, 1.54) is 4.31 Å². The summed E-state index contributed by atoms with van der Waals surface area (Å²) < 4.78 is 33.1. The molecular weight excluding hydrogens is 504 g/mol. The van der Waals surface area contributed by atoms with Crippen molar-refractivity contribution in [1.29, 1.82) is 0 Å². The predicted octanol–water partition coefficient (Wildman–Crippen LogP) is 3.81. The maximum Gasteiger partial charge on any atom is 0.342 e. The van der Waals surface area contributed by atoms with Crippen molar-refractivity contribution in [3.05, 3.63) is 77.6 Å². The molecule has 0 aliphatic carbocycles. The number of sulfonamides is 1. The van der Waals surface area contributed by atoms with E-state index in [4.69, 9.17) is 4.74 Å². The summed E-state index contributed by atoms with van der Waals surface area (Å²) in [6, 6.07) is 17.0. The van der Waals surface area contributed by atoms with Gasteiger partial charge in [0.15, 0.2) is 5.82 Å². The fraction of sp³-hybridized carbons (Fsp3) is 0.357. The van der Waals surface area contributed by atoms with Gasteiger partial charge in [-0.2, -0.15) is 4.31 Å². The number of amides is 1. The number of esters is 1. The van der Waals surface area contributed by atoms with Crippen LogP contribution in [0.5, 0.6) is 0 Å². The van der Waals surface area contributed by atoms with Crippen molar-refractivity contribution in [2.45, 2.75) is 44.6 Å². The number of nitrogens with zero attached hydrogens (tertiary/aromatic N) is 4. The second-order valence-electron chi connectivity index (χ2n) is 9.08. The van der Waals surface area contributed by atoms with Crippen LogP contribution in [0.1, 0.15) is 53.7 Å². The van der Waals surface area contributed by atoms with Gasteiger partial charge in [-0.25, -0.2) is 23.2 Å². The molecule has 0 radical (unpaired) electrons. The lowest BCUT2D eigenvalue weighted by atomic mass is 10.0. The number of benzene rings is 2. The Kier molecular flexibility index (Phi) is 8.53. The highest BCUT2D eigenvalue weighted by Gasteiger charge is 2.37. The molecule has 4 rings (SSSR count). The Balaban J connectivity index is 1.70. The molecular formula is C28H32N4O5S. The van der Waals surface area contributed by atoms with Crippen LogP contribution < -0.4 is 0 Å². The Morgan fingerprint density at radius 2 is 1.63 bits per heavy atom. The zero-order chi connectivity index (χ0) is 27.3. The maximum atomic E-state index is 13.9. The Labute approximate surface area is 223 Å². The third-order valence-corrected chi connectivity index (χ3v) is 8.42. The van der Waals surface area contributed by atoms with Crippen molar-refractivity contribution in [3.63, 3.8) is 0 Å². The van der Waals surface area contributed by atoms with Crippen LogP contribution in [0.15, 0.2) is 65.6 Å². The highest BCUT2D eigenvalue weighted by atomic mass is 32.2. The standard InChI is InChI=1S/C28H32N4O5S/c1-4-12-23-24(28(34)37-5-2)25(30-26(29-23)21-13-8-6-9-14-21)27(33)31-17-18-32(20(3)19-31)38(35,36)22-15-10-7-11-16-22/h6-11,13-16,20H,4-5,12,17-19H2,1-3H3. The molecule has 1 fully saturated rings. The van der Waals surface area contributed by atoms with Crippen molar-refractivity contribution in [3.8, 4) is 11.4 Å². The van der Waals surface area contributed by atoms with Crippen LogP contribution in [-0.4, -0.2) is 71.8 Å². The van der Waals surface area contributed by atoms with E-state index in [1.54, 1.807) is 49.1 Å². The zero-order valence-corrected chi connectivity index (χ0v) is 22.6. The Hall–Kier alpha value is -3.63. The van der Waals surface area contributed by atoms with Gasteiger partial charge in [0.05, 0.1) is 17.2 Å². The number of rotatable bonds is 8. The molecule has 0 spiro atoms. The average molecular weight is 537 g/mol. The van der Waals surface area contributed by atoms with Crippen LogP contribution in [0.25, 0.3) is 11.4 Å². The van der Waals surface area contributed by atoms with Gasteiger partial charge in [0, 0.05) is 31.2 Å². The van der Waals surface area contributed by atoms with Gasteiger partial charge in [0.25, 0.3) is 5.91 Å². The molecule has 2 aromatic carbocycles. The largest absolute Gasteiger partial charge is 0.462 e. The molecule has 38 heavy (non-hydrogen) atoms. The quantitative estimate of drug-likeness (QED) is 0.403. The first kappa shape index (κ1) is 27.4. The Morgan fingerprint density at radius 1 is 0.974 bits per heavy atom. The van der Waals surface area contributed by atoms with Crippen molar-refractivity contribution >= 4 is 21.9 Å². The van der Waals surface area contributed by atoms with Gasteiger partial charge in [-0.3, -0.25) is 4.79 Å². The predicted molar refractivity (Wildman–Crippen MR) is 143 cm³/mol. The highest BCUT2D eigenvalue weighted by Crippen LogP contribution is 2.26. The van der Waals surface area contributed by atoms with E-state index in [2.05, 4.69) is 9.97 Å². The summed E-state index contributed by atoms with van der Waals surface area (Å²) in [5.74, 6) is -0.741. The SMILES string of the molecule is CCCc1nc(-c2ccccc2)nc(C(=O)N2CCN(S(=O)(=O)c3ccccc3)C(C)C2)c1C(=O)OCC. The first-order valence-corrected chi connectivity index (χ1v) is 14.2. The summed E-state index contributed by atoms with van der Waals surface area (Å²) >= 11 is 0. The Bertz CT molecular complexity index is 1400. The molecule has 0 bridgehead atoms. The van der Waals surface area contributed by atoms with Crippen molar-refractivity contribution in [1.82, 2.24) is 19.2 Å². The van der Waals surface area contributed by atoms with Crippen molar-refractivity contribution in [2.24, 2.45) is 0 Å². The van der Waals surface area contributed by atoms with Crippen molar-refractivity contribution < 1.29 is 22.7 Å². The maximum absolute atomic E-state index is 13.9. The van der Waals surface area contributed by atoms with Crippen LogP contribution in [0.2, 0.25) is 0 Å². The van der Waals surface area contributed by atoms with Crippen LogP contribution >= 0.6 is 0 Å². The summed E-state index contributed by atoms with van der Waals surface area (Å²) in [6.07, 6.45) is 1.18. The molecule has 200 valence electrons. The van der Waals surface area contributed by atoms with E-state index < -0.39 is 27.9 Å². The number of aromatic nitrogens is 2. The number of ether oxygens (including phenoxy) is 1. The number of aryl methyl sites for hydroxylation is 1. The molecule has 0 saturated carbocycles. The molecule has 0 N–H and O–H groups in total. The Morgan fingerprint density at radius 3 is 2.24 bits per heavy atom. The second kappa shape index (κ2) is 11.8. The monoisotopic (exact) mass is 536 g/mol. The highest BCUT2D eigenvalue weighted by molar-refractivity contribution is 7.89. The minimum absolute atomic E-state index is 0.0210. The summed E-state index contributed by atoms with van der Waals surface area (Å²) in [7, 11) is -3.72.